The number of aliphatic carboxylic acids is 1. The first kappa shape index (κ1) is 12.0. The fraction of sp³-hybridized carbons (Fsp3) is 0.857. The molecule has 18 heavy (non-hydrogen) atoms. The Hall–Kier alpha value is -1.06. The van der Waals surface area contributed by atoms with E-state index in [1.54, 1.807) is 0 Å². The second-order valence-corrected chi connectivity index (χ2v) is 6.16. The lowest BCUT2D eigenvalue weighted by atomic mass is 9.78. The fourth-order valence-electron chi connectivity index (χ4n) is 4.13. The maximum absolute atomic E-state index is 12.6. The first-order valence-corrected chi connectivity index (χ1v) is 7.20. The molecule has 3 fully saturated rings. The topological polar surface area (TPSA) is 57.6 Å². The number of likely N-dealkylation sites (tertiary alicyclic amines) is 1. The molecule has 2 saturated carbocycles. The van der Waals surface area contributed by atoms with Crippen LogP contribution in [0.25, 0.3) is 0 Å². The molecule has 4 atom stereocenters. The summed E-state index contributed by atoms with van der Waals surface area (Å²) in [6, 6.07) is 0.416. The van der Waals surface area contributed by atoms with Crippen molar-refractivity contribution in [2.75, 3.05) is 6.54 Å². The van der Waals surface area contributed by atoms with Crippen molar-refractivity contribution in [2.24, 2.45) is 17.8 Å². The zero-order valence-electron chi connectivity index (χ0n) is 10.7. The Morgan fingerprint density at radius 2 is 1.72 bits per heavy atom. The summed E-state index contributed by atoms with van der Waals surface area (Å²) < 4.78 is 0. The molecule has 2 bridgehead atoms. The maximum Gasteiger partial charge on any atom is 0.307 e. The molecule has 0 radical (unpaired) electrons. The summed E-state index contributed by atoms with van der Waals surface area (Å²) >= 11 is 0. The van der Waals surface area contributed by atoms with Crippen molar-refractivity contribution < 1.29 is 14.7 Å². The van der Waals surface area contributed by atoms with Crippen LogP contribution in [-0.4, -0.2) is 34.5 Å². The van der Waals surface area contributed by atoms with Crippen molar-refractivity contribution in [3.05, 3.63) is 0 Å². The monoisotopic (exact) mass is 251 g/mol. The largest absolute Gasteiger partial charge is 0.481 e. The number of carboxylic acid groups (broad SMARTS) is 1. The van der Waals surface area contributed by atoms with Gasteiger partial charge in [-0.15, -0.1) is 0 Å². The van der Waals surface area contributed by atoms with E-state index < -0.39 is 11.9 Å². The Bertz CT molecular complexity index is 368. The molecular weight excluding hydrogens is 230 g/mol. The van der Waals surface area contributed by atoms with E-state index in [0.717, 1.165) is 38.6 Å². The summed E-state index contributed by atoms with van der Waals surface area (Å²) in [5, 5.41) is 9.26. The van der Waals surface area contributed by atoms with Crippen LogP contribution in [0.5, 0.6) is 0 Å². The van der Waals surface area contributed by atoms with Crippen LogP contribution in [0.4, 0.5) is 0 Å². The van der Waals surface area contributed by atoms with Crippen molar-refractivity contribution in [1.82, 2.24) is 4.90 Å². The molecule has 2 aliphatic carbocycles. The van der Waals surface area contributed by atoms with E-state index in [9.17, 15) is 14.7 Å². The Morgan fingerprint density at radius 1 is 1.00 bits per heavy atom. The zero-order chi connectivity index (χ0) is 12.7. The number of amides is 1. The van der Waals surface area contributed by atoms with Gasteiger partial charge in [0.25, 0.3) is 0 Å². The number of carbonyl (C=O) groups excluding carboxylic acids is 1. The predicted molar refractivity (Wildman–Crippen MR) is 65.9 cm³/mol. The van der Waals surface area contributed by atoms with E-state index in [1.165, 1.54) is 6.42 Å². The van der Waals surface area contributed by atoms with Crippen LogP contribution < -0.4 is 0 Å². The lowest BCUT2D eigenvalue weighted by Gasteiger charge is -2.35. The average molecular weight is 251 g/mol. The second kappa shape index (κ2) is 4.56. The van der Waals surface area contributed by atoms with E-state index in [0.29, 0.717) is 18.4 Å². The third-order valence-electron chi connectivity index (χ3n) is 5.09. The zero-order valence-corrected chi connectivity index (χ0v) is 10.7. The van der Waals surface area contributed by atoms with Crippen LogP contribution >= 0.6 is 0 Å². The Balaban J connectivity index is 1.72. The molecule has 1 N–H and O–H groups in total. The molecule has 4 heteroatoms. The van der Waals surface area contributed by atoms with Gasteiger partial charge >= 0.3 is 5.97 Å². The van der Waals surface area contributed by atoms with E-state index in [-0.39, 0.29) is 11.8 Å². The van der Waals surface area contributed by atoms with Crippen LogP contribution in [0.2, 0.25) is 0 Å². The van der Waals surface area contributed by atoms with Gasteiger partial charge in [-0.25, -0.2) is 0 Å². The van der Waals surface area contributed by atoms with Crippen molar-refractivity contribution >= 4 is 11.9 Å². The van der Waals surface area contributed by atoms with Gasteiger partial charge in [-0.1, -0.05) is 12.8 Å². The molecule has 0 aromatic heterocycles. The van der Waals surface area contributed by atoms with Gasteiger partial charge in [0, 0.05) is 12.6 Å². The summed E-state index contributed by atoms with van der Waals surface area (Å²) in [7, 11) is 0. The van der Waals surface area contributed by atoms with Gasteiger partial charge in [0.15, 0.2) is 0 Å². The third kappa shape index (κ3) is 1.91. The van der Waals surface area contributed by atoms with E-state index in [4.69, 9.17) is 0 Å². The lowest BCUT2D eigenvalue weighted by molar-refractivity contribution is -0.153. The Morgan fingerprint density at radius 3 is 2.28 bits per heavy atom. The molecule has 4 unspecified atom stereocenters. The van der Waals surface area contributed by atoms with Crippen LogP contribution in [-0.2, 0) is 9.59 Å². The average Bonchev–Trinajstić information content (AvgIpc) is 3.00. The van der Waals surface area contributed by atoms with Gasteiger partial charge in [-0.3, -0.25) is 9.59 Å². The molecule has 3 rings (SSSR count). The number of nitrogens with zero attached hydrogens (tertiary/aromatic N) is 1. The highest BCUT2D eigenvalue weighted by Crippen LogP contribution is 2.40. The minimum absolute atomic E-state index is 0.134. The first-order chi connectivity index (χ1) is 8.66. The Kier molecular flexibility index (Phi) is 3.04. The van der Waals surface area contributed by atoms with Crippen LogP contribution in [0.1, 0.15) is 44.9 Å². The molecule has 0 aromatic rings. The predicted octanol–water partition coefficient (Wildman–Crippen LogP) is 1.89. The van der Waals surface area contributed by atoms with E-state index in [1.807, 2.05) is 4.90 Å². The molecular formula is C14H21NO3. The normalized spacial score (nSPS) is 39.0. The molecule has 1 aliphatic heterocycles. The van der Waals surface area contributed by atoms with Crippen molar-refractivity contribution in [1.29, 1.82) is 0 Å². The first-order valence-electron chi connectivity index (χ1n) is 7.20. The van der Waals surface area contributed by atoms with E-state index >= 15 is 0 Å². The van der Waals surface area contributed by atoms with Gasteiger partial charge in [-0.2, -0.15) is 0 Å². The summed E-state index contributed by atoms with van der Waals surface area (Å²) in [5.41, 5.74) is 0. The summed E-state index contributed by atoms with van der Waals surface area (Å²) in [6.45, 7) is 0.881. The SMILES string of the molecule is O=C(O)C1CCCCC1C(=O)N1CC2CCC1C2. The number of carboxylic acids is 1. The molecule has 0 aromatic carbocycles. The van der Waals surface area contributed by atoms with Crippen LogP contribution in [0, 0.1) is 17.8 Å². The molecule has 100 valence electrons. The number of carbonyl (C=O) groups is 2. The van der Waals surface area contributed by atoms with Crippen molar-refractivity contribution in [3.63, 3.8) is 0 Å². The minimum atomic E-state index is -0.780. The number of hydrogen-bond acceptors (Lipinski definition) is 2. The maximum atomic E-state index is 12.6. The van der Waals surface area contributed by atoms with Gasteiger partial charge in [0.2, 0.25) is 5.91 Å². The smallest absolute Gasteiger partial charge is 0.307 e. The van der Waals surface area contributed by atoms with Crippen molar-refractivity contribution in [3.8, 4) is 0 Å². The summed E-state index contributed by atoms with van der Waals surface area (Å²) in [4.78, 5) is 25.8. The number of rotatable bonds is 2. The molecule has 4 nitrogen and oxygen atoms in total. The molecule has 1 saturated heterocycles. The molecule has 0 spiro atoms. The van der Waals surface area contributed by atoms with Gasteiger partial charge in [0.05, 0.1) is 11.8 Å². The highest BCUT2D eigenvalue weighted by Gasteiger charge is 2.45. The quantitative estimate of drug-likeness (QED) is 0.815. The number of piperidine rings is 1. The van der Waals surface area contributed by atoms with Crippen LogP contribution in [0.15, 0.2) is 0 Å². The van der Waals surface area contributed by atoms with Gasteiger partial charge < -0.3 is 10.0 Å². The highest BCUT2D eigenvalue weighted by molar-refractivity contribution is 5.85. The molecule has 1 amide bonds. The lowest BCUT2D eigenvalue weighted by Crippen LogP contribution is -2.45. The second-order valence-electron chi connectivity index (χ2n) is 6.16. The number of hydrogen-bond donors (Lipinski definition) is 1. The van der Waals surface area contributed by atoms with E-state index in [2.05, 4.69) is 0 Å². The molecule has 1 heterocycles. The minimum Gasteiger partial charge on any atom is -0.481 e. The van der Waals surface area contributed by atoms with Gasteiger partial charge in [0.1, 0.15) is 0 Å². The fourth-order valence-corrected chi connectivity index (χ4v) is 4.13. The third-order valence-corrected chi connectivity index (χ3v) is 5.09. The van der Waals surface area contributed by atoms with Crippen molar-refractivity contribution in [2.45, 2.75) is 51.0 Å². The van der Waals surface area contributed by atoms with Gasteiger partial charge in [-0.05, 0) is 38.0 Å². The highest BCUT2D eigenvalue weighted by atomic mass is 16.4. The number of fused-ring (bicyclic) bond motifs is 2. The Labute approximate surface area is 107 Å². The molecule has 3 aliphatic rings. The summed E-state index contributed by atoms with van der Waals surface area (Å²) in [6.07, 6.45) is 6.92. The standard InChI is InChI=1S/C14H21NO3/c16-13(15-8-9-5-6-10(15)7-9)11-3-1-2-4-12(11)14(17)18/h9-12H,1-8H2,(H,17,18). The van der Waals surface area contributed by atoms with Crippen LogP contribution in [0.3, 0.4) is 0 Å². The summed E-state index contributed by atoms with van der Waals surface area (Å²) in [5.74, 6) is -0.654.